The second-order valence-corrected chi connectivity index (χ2v) is 5.45. The smallest absolute Gasteiger partial charge is 0.255 e. The maximum absolute atomic E-state index is 12.5. The number of nitrogens with one attached hydrogen (secondary N) is 1. The number of halogens is 1. The molecule has 1 fully saturated rings. The molecule has 3 rings (SSSR count). The summed E-state index contributed by atoms with van der Waals surface area (Å²) in [7, 11) is 0. The largest absolute Gasteiger partial charge is 0.337 e. The van der Waals surface area contributed by atoms with E-state index in [2.05, 4.69) is 11.4 Å². The van der Waals surface area contributed by atoms with Crippen LogP contribution in [0, 0.1) is 0 Å². The molecule has 1 aliphatic heterocycles. The molecule has 0 aliphatic carbocycles. The van der Waals surface area contributed by atoms with Crippen molar-refractivity contribution >= 4 is 39.7 Å². The van der Waals surface area contributed by atoms with E-state index in [9.17, 15) is 4.79 Å². The van der Waals surface area contributed by atoms with Gasteiger partial charge in [0.1, 0.15) is 0 Å². The number of hydrogen-bond donors (Lipinski definition) is 1. The molecule has 0 radical (unpaired) electrons. The van der Waals surface area contributed by atoms with Gasteiger partial charge in [-0.05, 0) is 19.0 Å². The molecule has 1 aromatic heterocycles. The molecule has 1 aliphatic rings. The van der Waals surface area contributed by atoms with Crippen LogP contribution in [-0.2, 0) is 0 Å². The van der Waals surface area contributed by atoms with Gasteiger partial charge in [-0.25, -0.2) is 0 Å². The molecule has 0 unspecified atom stereocenters. The minimum absolute atomic E-state index is 0. The van der Waals surface area contributed by atoms with E-state index >= 15 is 0 Å². The standard InChI is InChI=1S/C14H16N2OS.ClH/c17-14(16-8-3-6-15-7-9-16)12-10-18-13-5-2-1-4-11(12)13;/h1-2,4-5,10,15H,3,6-9H2;1H. The summed E-state index contributed by atoms with van der Waals surface area (Å²) in [5.74, 6) is 0.177. The molecule has 3 nitrogen and oxygen atoms in total. The third-order valence-electron chi connectivity index (χ3n) is 3.34. The van der Waals surface area contributed by atoms with Gasteiger partial charge in [-0.15, -0.1) is 23.7 Å². The summed E-state index contributed by atoms with van der Waals surface area (Å²) in [6.07, 6.45) is 1.04. The Morgan fingerprint density at radius 3 is 2.95 bits per heavy atom. The Bertz CT molecular complexity index is 561. The lowest BCUT2D eigenvalue weighted by molar-refractivity contribution is 0.0769. The van der Waals surface area contributed by atoms with E-state index in [0.29, 0.717) is 0 Å². The minimum Gasteiger partial charge on any atom is -0.337 e. The molecule has 1 N–H and O–H groups in total. The van der Waals surface area contributed by atoms with Crippen molar-refractivity contribution in [3.8, 4) is 0 Å². The Morgan fingerprint density at radius 2 is 2.05 bits per heavy atom. The van der Waals surface area contributed by atoms with Crippen molar-refractivity contribution in [1.82, 2.24) is 10.2 Å². The number of nitrogens with zero attached hydrogens (tertiary/aromatic N) is 1. The molecular formula is C14H17ClN2OS. The van der Waals surface area contributed by atoms with E-state index in [1.54, 1.807) is 11.3 Å². The molecule has 2 aromatic rings. The number of thiophene rings is 1. The van der Waals surface area contributed by atoms with Crippen molar-refractivity contribution < 1.29 is 4.79 Å². The number of amides is 1. The summed E-state index contributed by atoms with van der Waals surface area (Å²) in [6.45, 7) is 3.57. The molecular weight excluding hydrogens is 280 g/mol. The van der Waals surface area contributed by atoms with Crippen molar-refractivity contribution in [2.75, 3.05) is 26.2 Å². The van der Waals surface area contributed by atoms with Crippen LogP contribution in [0.1, 0.15) is 16.8 Å². The third kappa shape index (κ3) is 2.91. The minimum atomic E-state index is 0. The van der Waals surface area contributed by atoms with Gasteiger partial charge in [-0.3, -0.25) is 4.79 Å². The van der Waals surface area contributed by atoms with E-state index in [0.717, 1.165) is 43.5 Å². The summed E-state index contributed by atoms with van der Waals surface area (Å²) >= 11 is 1.65. The molecule has 0 bridgehead atoms. The van der Waals surface area contributed by atoms with Crippen LogP contribution < -0.4 is 5.32 Å². The highest BCUT2D eigenvalue weighted by Crippen LogP contribution is 2.26. The van der Waals surface area contributed by atoms with Crippen LogP contribution in [0.3, 0.4) is 0 Å². The van der Waals surface area contributed by atoms with Crippen LogP contribution in [0.2, 0.25) is 0 Å². The van der Waals surface area contributed by atoms with Crippen molar-refractivity contribution in [2.45, 2.75) is 6.42 Å². The van der Waals surface area contributed by atoms with E-state index in [1.807, 2.05) is 28.5 Å². The van der Waals surface area contributed by atoms with Crippen LogP contribution in [-0.4, -0.2) is 37.0 Å². The fourth-order valence-electron chi connectivity index (χ4n) is 2.36. The zero-order valence-electron chi connectivity index (χ0n) is 10.6. The Morgan fingerprint density at radius 1 is 1.21 bits per heavy atom. The van der Waals surface area contributed by atoms with Gasteiger partial charge in [0.2, 0.25) is 0 Å². The van der Waals surface area contributed by atoms with Crippen molar-refractivity contribution in [3.63, 3.8) is 0 Å². The van der Waals surface area contributed by atoms with Gasteiger partial charge >= 0.3 is 0 Å². The fourth-order valence-corrected chi connectivity index (χ4v) is 3.30. The molecule has 5 heteroatoms. The highest BCUT2D eigenvalue weighted by Gasteiger charge is 2.19. The molecule has 0 saturated carbocycles. The maximum atomic E-state index is 12.5. The van der Waals surface area contributed by atoms with Crippen LogP contribution in [0.15, 0.2) is 29.6 Å². The first-order chi connectivity index (χ1) is 8.86. The molecule has 0 atom stereocenters. The monoisotopic (exact) mass is 296 g/mol. The Kier molecular flexibility index (Phi) is 4.80. The second kappa shape index (κ2) is 6.37. The van der Waals surface area contributed by atoms with Crippen LogP contribution >= 0.6 is 23.7 Å². The van der Waals surface area contributed by atoms with Crippen molar-refractivity contribution in [3.05, 3.63) is 35.2 Å². The average Bonchev–Trinajstić information content (AvgIpc) is 2.65. The number of benzene rings is 1. The lowest BCUT2D eigenvalue weighted by Gasteiger charge is -2.19. The molecule has 2 heterocycles. The topological polar surface area (TPSA) is 32.3 Å². The summed E-state index contributed by atoms with van der Waals surface area (Å²) in [6, 6.07) is 8.12. The Hall–Kier alpha value is -1.10. The quantitative estimate of drug-likeness (QED) is 0.877. The first-order valence-corrected chi connectivity index (χ1v) is 7.20. The first-order valence-electron chi connectivity index (χ1n) is 6.32. The molecule has 102 valence electrons. The van der Waals surface area contributed by atoms with Gasteiger partial charge in [-0.2, -0.15) is 0 Å². The first kappa shape index (κ1) is 14.3. The van der Waals surface area contributed by atoms with Crippen molar-refractivity contribution in [1.29, 1.82) is 0 Å². The summed E-state index contributed by atoms with van der Waals surface area (Å²) in [5.41, 5.74) is 0.859. The Labute approximate surface area is 123 Å². The number of carbonyl (C=O) groups is 1. The molecule has 0 spiro atoms. The Balaban J connectivity index is 0.00000133. The summed E-state index contributed by atoms with van der Waals surface area (Å²) < 4.78 is 1.19. The zero-order chi connectivity index (χ0) is 12.4. The van der Waals surface area contributed by atoms with Crippen LogP contribution in [0.25, 0.3) is 10.1 Å². The van der Waals surface area contributed by atoms with Gasteiger partial charge in [0.05, 0.1) is 5.56 Å². The molecule has 1 aromatic carbocycles. The fraction of sp³-hybridized carbons (Fsp3) is 0.357. The van der Waals surface area contributed by atoms with Gasteiger partial charge in [-0.1, -0.05) is 18.2 Å². The van der Waals surface area contributed by atoms with Crippen LogP contribution in [0.4, 0.5) is 0 Å². The summed E-state index contributed by atoms with van der Waals surface area (Å²) in [4.78, 5) is 14.5. The normalized spacial score (nSPS) is 15.9. The molecule has 1 amide bonds. The van der Waals surface area contributed by atoms with Gasteiger partial charge in [0, 0.05) is 35.1 Å². The van der Waals surface area contributed by atoms with E-state index in [1.165, 1.54) is 4.70 Å². The van der Waals surface area contributed by atoms with E-state index in [-0.39, 0.29) is 18.3 Å². The van der Waals surface area contributed by atoms with Crippen LogP contribution in [0.5, 0.6) is 0 Å². The average molecular weight is 297 g/mol. The predicted octanol–water partition coefficient (Wildman–Crippen LogP) is 2.76. The SMILES string of the molecule is Cl.O=C(c1csc2ccccc12)N1CCCNCC1. The number of hydrogen-bond acceptors (Lipinski definition) is 3. The van der Waals surface area contributed by atoms with E-state index in [4.69, 9.17) is 0 Å². The number of fused-ring (bicyclic) bond motifs is 1. The van der Waals surface area contributed by atoms with Crippen molar-refractivity contribution in [2.24, 2.45) is 0 Å². The number of rotatable bonds is 1. The third-order valence-corrected chi connectivity index (χ3v) is 4.30. The van der Waals surface area contributed by atoms with Gasteiger partial charge in [0.25, 0.3) is 5.91 Å². The lowest BCUT2D eigenvalue weighted by Crippen LogP contribution is -2.34. The van der Waals surface area contributed by atoms with Gasteiger partial charge in [0.15, 0.2) is 0 Å². The van der Waals surface area contributed by atoms with Gasteiger partial charge < -0.3 is 10.2 Å². The maximum Gasteiger partial charge on any atom is 0.255 e. The highest BCUT2D eigenvalue weighted by molar-refractivity contribution is 7.17. The second-order valence-electron chi connectivity index (χ2n) is 4.54. The lowest BCUT2D eigenvalue weighted by atomic mass is 10.1. The molecule has 19 heavy (non-hydrogen) atoms. The zero-order valence-corrected chi connectivity index (χ0v) is 12.2. The number of carbonyl (C=O) groups excluding carboxylic acids is 1. The summed E-state index contributed by atoms with van der Waals surface area (Å²) in [5, 5.41) is 6.40. The van der Waals surface area contributed by atoms with E-state index < -0.39 is 0 Å². The predicted molar refractivity (Wildman–Crippen MR) is 82.5 cm³/mol. The highest BCUT2D eigenvalue weighted by atomic mass is 35.5. The molecule has 1 saturated heterocycles.